The first-order valence-electron chi connectivity index (χ1n) is 9.29. The van der Waals surface area contributed by atoms with E-state index in [0.717, 1.165) is 10.8 Å². The smallest absolute Gasteiger partial charge is 0.193 e. The number of carbonyl (C=O) groups excluding carboxylic acids is 2. The number of hydrogen-bond acceptors (Lipinski definition) is 2. The summed E-state index contributed by atoms with van der Waals surface area (Å²) in [7, 11) is 5.50. The van der Waals surface area contributed by atoms with E-state index in [0.29, 0.717) is 11.1 Å². The highest BCUT2D eigenvalue weighted by molar-refractivity contribution is 6.63. The van der Waals surface area contributed by atoms with Gasteiger partial charge in [0.2, 0.25) is 0 Å². The van der Waals surface area contributed by atoms with Gasteiger partial charge in [0.05, 0.1) is 0 Å². The van der Waals surface area contributed by atoms with Gasteiger partial charge in [0.25, 0.3) is 0 Å². The maximum atomic E-state index is 14.3. The van der Waals surface area contributed by atoms with Crippen LogP contribution in [0.2, 0.25) is 0 Å². The van der Waals surface area contributed by atoms with Gasteiger partial charge in [-0.25, -0.2) is 8.78 Å². The van der Waals surface area contributed by atoms with E-state index in [1.807, 2.05) is 24.3 Å². The quantitative estimate of drug-likeness (QED) is 0.331. The minimum atomic E-state index is -0.931. The number of ketones is 1. The van der Waals surface area contributed by atoms with Gasteiger partial charge < -0.3 is 4.79 Å². The van der Waals surface area contributed by atoms with Crippen LogP contribution in [-0.2, 0) is 0 Å². The fourth-order valence-electron chi connectivity index (χ4n) is 3.46. The summed E-state index contributed by atoms with van der Waals surface area (Å²) >= 11 is 0. The molecule has 4 aromatic rings. The number of carbonyl (C=O) groups is 2. The molecule has 2 nitrogen and oxygen atoms in total. The minimum Gasteiger partial charge on any atom is -0.307 e. The van der Waals surface area contributed by atoms with Crippen LogP contribution >= 0.6 is 0 Å². The molecule has 144 valence electrons. The predicted octanol–water partition coefficient (Wildman–Crippen LogP) is 5.63. The molecule has 0 spiro atoms. The zero-order valence-corrected chi connectivity index (χ0v) is 16.1. The maximum absolute atomic E-state index is 14.3. The Morgan fingerprint density at radius 1 is 0.767 bits per heavy atom. The van der Waals surface area contributed by atoms with Crippen molar-refractivity contribution in [2.24, 2.45) is 0 Å². The Kier molecular flexibility index (Phi) is 5.04. The van der Waals surface area contributed by atoms with E-state index >= 15 is 0 Å². The first kappa shape index (κ1) is 19.7. The van der Waals surface area contributed by atoms with Gasteiger partial charge in [0, 0.05) is 22.3 Å². The lowest BCUT2D eigenvalue weighted by Crippen LogP contribution is -2.10. The molecule has 0 aromatic heterocycles. The Balaban J connectivity index is 1.75. The van der Waals surface area contributed by atoms with Gasteiger partial charge in [-0.1, -0.05) is 60.7 Å². The van der Waals surface area contributed by atoms with Gasteiger partial charge in [0.15, 0.2) is 25.3 Å². The van der Waals surface area contributed by atoms with Crippen LogP contribution in [0.3, 0.4) is 0 Å². The average Bonchev–Trinajstić information content (AvgIpc) is 2.76. The highest BCUT2D eigenvalue weighted by Crippen LogP contribution is 2.28. The van der Waals surface area contributed by atoms with Gasteiger partial charge in [-0.2, -0.15) is 0 Å². The van der Waals surface area contributed by atoms with Crippen LogP contribution in [0.4, 0.5) is 8.78 Å². The van der Waals surface area contributed by atoms with Crippen molar-refractivity contribution in [1.82, 2.24) is 0 Å². The molecule has 0 saturated heterocycles. The van der Waals surface area contributed by atoms with Crippen molar-refractivity contribution in [3.05, 3.63) is 107 Å². The normalized spacial score (nSPS) is 10.9. The molecular formula is C25H15BF2O2. The third-order valence-electron chi connectivity index (χ3n) is 5.13. The van der Waals surface area contributed by atoms with Crippen molar-refractivity contribution in [2.45, 2.75) is 6.92 Å². The van der Waals surface area contributed by atoms with E-state index in [1.165, 1.54) is 31.2 Å². The molecule has 0 atom stereocenters. The first-order chi connectivity index (χ1) is 14.4. The van der Waals surface area contributed by atoms with E-state index in [9.17, 15) is 18.4 Å². The fourth-order valence-corrected chi connectivity index (χ4v) is 3.46. The van der Waals surface area contributed by atoms with Crippen LogP contribution in [-0.4, -0.2) is 19.3 Å². The molecular weight excluding hydrogens is 381 g/mol. The summed E-state index contributed by atoms with van der Waals surface area (Å²) in [6.07, 6.45) is 0. The van der Waals surface area contributed by atoms with Gasteiger partial charge >= 0.3 is 0 Å². The molecule has 4 rings (SSSR count). The molecule has 4 aromatic carbocycles. The van der Waals surface area contributed by atoms with Crippen LogP contribution in [0.5, 0.6) is 0 Å². The Morgan fingerprint density at radius 2 is 1.37 bits per heavy atom. The number of halogens is 2. The lowest BCUT2D eigenvalue weighted by atomic mass is 9.86. The summed E-state index contributed by atoms with van der Waals surface area (Å²) < 4.78 is 28.1. The Labute approximate surface area is 173 Å². The molecule has 0 heterocycles. The highest BCUT2D eigenvalue weighted by Gasteiger charge is 2.18. The van der Waals surface area contributed by atoms with Crippen molar-refractivity contribution in [3.63, 3.8) is 0 Å². The average molecular weight is 396 g/mol. The highest BCUT2D eigenvalue weighted by atomic mass is 19.2. The molecule has 0 unspecified atom stereocenters. The Morgan fingerprint density at radius 3 is 1.97 bits per heavy atom. The van der Waals surface area contributed by atoms with Crippen LogP contribution in [0, 0.1) is 18.6 Å². The van der Waals surface area contributed by atoms with Gasteiger partial charge in [-0.15, -0.1) is 0 Å². The third-order valence-corrected chi connectivity index (χ3v) is 5.13. The molecule has 0 saturated carbocycles. The van der Waals surface area contributed by atoms with Crippen LogP contribution in [0.25, 0.3) is 21.9 Å². The topological polar surface area (TPSA) is 34.1 Å². The van der Waals surface area contributed by atoms with Gasteiger partial charge in [-0.3, -0.25) is 4.79 Å². The summed E-state index contributed by atoms with van der Waals surface area (Å²) in [6, 6.07) is 19.7. The third kappa shape index (κ3) is 3.43. The molecule has 2 radical (unpaired) electrons. The van der Waals surface area contributed by atoms with Crippen molar-refractivity contribution < 1.29 is 18.4 Å². The zero-order valence-electron chi connectivity index (χ0n) is 16.1. The van der Waals surface area contributed by atoms with E-state index in [4.69, 9.17) is 7.85 Å². The minimum absolute atomic E-state index is 0.112. The van der Waals surface area contributed by atoms with E-state index in [-0.39, 0.29) is 28.0 Å². The molecule has 0 fully saturated rings. The number of rotatable bonds is 4. The number of benzene rings is 4. The van der Waals surface area contributed by atoms with Crippen molar-refractivity contribution in [1.29, 1.82) is 0 Å². The van der Waals surface area contributed by atoms with Gasteiger partial charge in [-0.05, 0) is 41.0 Å². The molecule has 0 aliphatic carbocycles. The van der Waals surface area contributed by atoms with Crippen molar-refractivity contribution in [2.75, 3.05) is 0 Å². The second-order valence-corrected chi connectivity index (χ2v) is 7.07. The molecule has 5 heteroatoms. The monoisotopic (exact) mass is 396 g/mol. The SMILES string of the molecule is [B]C(=O)c1cc2ccccc2cc1C(=O)c1ccc(-c2ccc(C)c(F)c2F)cc1. The molecule has 0 amide bonds. The van der Waals surface area contributed by atoms with Crippen LogP contribution in [0.15, 0.2) is 72.8 Å². The molecule has 0 aliphatic heterocycles. The van der Waals surface area contributed by atoms with E-state index in [2.05, 4.69) is 0 Å². The summed E-state index contributed by atoms with van der Waals surface area (Å²) in [5, 5.41) is 1.61. The Bertz CT molecular complexity index is 1310. The number of aryl methyl sites for hydroxylation is 1. The molecule has 0 bridgehead atoms. The maximum Gasteiger partial charge on any atom is 0.193 e. The van der Waals surface area contributed by atoms with Crippen molar-refractivity contribution >= 4 is 30.1 Å². The predicted molar refractivity (Wildman–Crippen MR) is 114 cm³/mol. The Hall–Kier alpha value is -3.60. The summed E-state index contributed by atoms with van der Waals surface area (Å²) in [5.41, 5.74) is 0.717. The number of fused-ring (bicyclic) bond motifs is 1. The first-order valence-corrected chi connectivity index (χ1v) is 9.29. The standard InChI is InChI=1S/C25H15BF2O2/c1-14-6-11-19(23(28)22(14)27)15-7-9-16(10-8-15)24(29)20-12-17-4-2-3-5-18(17)13-21(20)25(26)30/h2-13H,1H3. The van der Waals surface area contributed by atoms with E-state index in [1.54, 1.807) is 24.3 Å². The van der Waals surface area contributed by atoms with Crippen molar-refractivity contribution in [3.8, 4) is 11.1 Å². The van der Waals surface area contributed by atoms with E-state index < -0.39 is 17.3 Å². The number of hydrogen-bond donors (Lipinski definition) is 0. The summed E-state index contributed by atoms with van der Waals surface area (Å²) in [5.74, 6) is -2.20. The fraction of sp³-hybridized carbons (Fsp3) is 0.0400. The molecule has 0 N–H and O–H groups in total. The second kappa shape index (κ2) is 7.67. The van der Waals surface area contributed by atoms with Gasteiger partial charge in [0.1, 0.15) is 5.68 Å². The summed E-state index contributed by atoms with van der Waals surface area (Å²) in [6.45, 7) is 1.49. The lowest BCUT2D eigenvalue weighted by molar-refractivity contribution is 0.102. The summed E-state index contributed by atoms with van der Waals surface area (Å²) in [4.78, 5) is 25.0. The van der Waals surface area contributed by atoms with Crippen LogP contribution in [0.1, 0.15) is 31.8 Å². The second-order valence-electron chi connectivity index (χ2n) is 7.07. The molecule has 0 aliphatic rings. The van der Waals surface area contributed by atoms with Crippen LogP contribution < -0.4 is 0 Å². The lowest BCUT2D eigenvalue weighted by Gasteiger charge is -2.11. The largest absolute Gasteiger partial charge is 0.307 e. The zero-order chi connectivity index (χ0) is 21.4. The molecule has 30 heavy (non-hydrogen) atoms.